The van der Waals surface area contributed by atoms with E-state index in [1.165, 1.54) is 5.56 Å². The van der Waals surface area contributed by atoms with Gasteiger partial charge in [0.05, 0.1) is 0 Å². The average molecular weight is 317 g/mol. The molecule has 0 unspecified atom stereocenters. The van der Waals surface area contributed by atoms with Gasteiger partial charge in [0.2, 0.25) is 0 Å². The topological polar surface area (TPSA) is 32.3 Å². The molecule has 0 saturated carbocycles. The Morgan fingerprint density at radius 3 is 1.62 bits per heavy atom. The molecular weight excluding hydrogens is 294 g/mol. The minimum Gasteiger partial charge on any atom is -0.380 e. The van der Waals surface area contributed by atoms with Crippen molar-refractivity contribution in [3.8, 4) is 0 Å². The van der Waals surface area contributed by atoms with E-state index in [4.69, 9.17) is 0 Å². The van der Waals surface area contributed by atoms with Gasteiger partial charge < -0.3 is 10.4 Å². The molecule has 24 heavy (non-hydrogen) atoms. The fraction of sp³-hybridized carbons (Fsp3) is 0.182. The number of rotatable bonds is 7. The highest BCUT2D eigenvalue weighted by atomic mass is 16.3. The van der Waals surface area contributed by atoms with Crippen LogP contribution in [0.15, 0.2) is 91.0 Å². The number of benzene rings is 3. The number of nitrogens with one attached hydrogen (secondary N) is 1. The molecule has 0 amide bonds. The maximum Gasteiger partial charge on any atom is 0.116 e. The van der Waals surface area contributed by atoms with Crippen molar-refractivity contribution in [2.45, 2.75) is 18.6 Å². The highest BCUT2D eigenvalue weighted by Gasteiger charge is 2.30. The third-order valence-corrected chi connectivity index (χ3v) is 4.34. The molecule has 0 aliphatic carbocycles. The third kappa shape index (κ3) is 3.91. The minimum absolute atomic E-state index is 0.619. The average Bonchev–Trinajstić information content (AvgIpc) is 2.67. The zero-order valence-corrected chi connectivity index (χ0v) is 13.7. The third-order valence-electron chi connectivity index (χ3n) is 4.34. The molecule has 0 fully saturated rings. The van der Waals surface area contributed by atoms with Gasteiger partial charge in [0.15, 0.2) is 0 Å². The molecule has 2 nitrogen and oxygen atoms in total. The SMILES string of the molecule is OC(CCNCc1ccccc1)(c1ccccc1)c1ccccc1. The molecule has 2 N–H and O–H groups in total. The van der Waals surface area contributed by atoms with Crippen molar-refractivity contribution in [3.63, 3.8) is 0 Å². The standard InChI is InChI=1S/C22H23NO/c24-22(20-12-6-2-7-13-20,21-14-8-3-9-15-21)16-17-23-18-19-10-4-1-5-11-19/h1-15,23-24H,16-18H2. The summed E-state index contributed by atoms with van der Waals surface area (Å²) in [5.74, 6) is 0. The Balaban J connectivity index is 1.72. The van der Waals surface area contributed by atoms with Gasteiger partial charge >= 0.3 is 0 Å². The van der Waals surface area contributed by atoms with Crippen molar-refractivity contribution < 1.29 is 5.11 Å². The lowest BCUT2D eigenvalue weighted by Gasteiger charge is -2.29. The van der Waals surface area contributed by atoms with Crippen LogP contribution in [0.5, 0.6) is 0 Å². The van der Waals surface area contributed by atoms with Gasteiger partial charge in [0.25, 0.3) is 0 Å². The highest BCUT2D eigenvalue weighted by molar-refractivity contribution is 5.35. The summed E-state index contributed by atoms with van der Waals surface area (Å²) in [7, 11) is 0. The van der Waals surface area contributed by atoms with Gasteiger partial charge in [-0.05, 0) is 29.7 Å². The lowest BCUT2D eigenvalue weighted by molar-refractivity contribution is 0.0710. The molecule has 3 rings (SSSR count). The number of hydrogen-bond donors (Lipinski definition) is 2. The first-order valence-electron chi connectivity index (χ1n) is 8.37. The van der Waals surface area contributed by atoms with Crippen LogP contribution in [0.4, 0.5) is 0 Å². The first-order valence-corrected chi connectivity index (χ1v) is 8.37. The van der Waals surface area contributed by atoms with Crippen LogP contribution in [0.1, 0.15) is 23.1 Å². The lowest BCUT2D eigenvalue weighted by Crippen LogP contribution is -2.32. The van der Waals surface area contributed by atoms with Gasteiger partial charge in [-0.15, -0.1) is 0 Å². The summed E-state index contributed by atoms with van der Waals surface area (Å²) in [4.78, 5) is 0. The summed E-state index contributed by atoms with van der Waals surface area (Å²) < 4.78 is 0. The lowest BCUT2D eigenvalue weighted by atomic mass is 9.83. The Morgan fingerprint density at radius 1 is 0.667 bits per heavy atom. The smallest absolute Gasteiger partial charge is 0.116 e. The predicted molar refractivity (Wildman–Crippen MR) is 98.6 cm³/mol. The molecule has 3 aromatic carbocycles. The van der Waals surface area contributed by atoms with Crippen LogP contribution in [0.3, 0.4) is 0 Å². The van der Waals surface area contributed by atoms with Crippen molar-refractivity contribution in [3.05, 3.63) is 108 Å². The van der Waals surface area contributed by atoms with Gasteiger partial charge in [-0.2, -0.15) is 0 Å². The molecule has 0 aliphatic rings. The molecule has 0 spiro atoms. The molecule has 0 radical (unpaired) electrons. The Labute approximate surface area is 143 Å². The van der Waals surface area contributed by atoms with Crippen LogP contribution in [-0.4, -0.2) is 11.7 Å². The maximum atomic E-state index is 11.4. The fourth-order valence-corrected chi connectivity index (χ4v) is 2.98. The first-order chi connectivity index (χ1) is 11.8. The van der Waals surface area contributed by atoms with Crippen molar-refractivity contribution in [2.75, 3.05) is 6.54 Å². The van der Waals surface area contributed by atoms with Crippen molar-refractivity contribution in [2.24, 2.45) is 0 Å². The van der Waals surface area contributed by atoms with Crippen LogP contribution in [0.25, 0.3) is 0 Å². The zero-order valence-electron chi connectivity index (χ0n) is 13.7. The van der Waals surface area contributed by atoms with Crippen LogP contribution < -0.4 is 5.32 Å². The Bertz CT molecular complexity index is 686. The molecule has 0 aromatic heterocycles. The van der Waals surface area contributed by atoms with Gasteiger partial charge in [-0.25, -0.2) is 0 Å². The van der Waals surface area contributed by atoms with Gasteiger partial charge in [0, 0.05) is 6.54 Å². The zero-order chi connectivity index (χ0) is 16.7. The van der Waals surface area contributed by atoms with E-state index < -0.39 is 5.60 Å². The second kappa shape index (κ2) is 7.91. The largest absolute Gasteiger partial charge is 0.380 e. The van der Waals surface area contributed by atoms with Crippen molar-refractivity contribution in [1.29, 1.82) is 0 Å². The number of aliphatic hydroxyl groups is 1. The molecular formula is C22H23NO. The van der Waals surface area contributed by atoms with Gasteiger partial charge in [-0.3, -0.25) is 0 Å². The van der Waals surface area contributed by atoms with Crippen LogP contribution in [0.2, 0.25) is 0 Å². The highest BCUT2D eigenvalue weighted by Crippen LogP contribution is 2.32. The second-order valence-electron chi connectivity index (χ2n) is 6.00. The molecule has 3 aromatic rings. The van der Waals surface area contributed by atoms with E-state index in [1.807, 2.05) is 78.9 Å². The Hall–Kier alpha value is -2.42. The second-order valence-corrected chi connectivity index (χ2v) is 6.00. The van der Waals surface area contributed by atoms with E-state index >= 15 is 0 Å². The summed E-state index contributed by atoms with van der Waals surface area (Å²) in [6.45, 7) is 1.54. The van der Waals surface area contributed by atoms with E-state index in [0.29, 0.717) is 6.42 Å². The summed E-state index contributed by atoms with van der Waals surface area (Å²) in [6, 6.07) is 30.1. The summed E-state index contributed by atoms with van der Waals surface area (Å²) >= 11 is 0. The molecule has 2 heteroatoms. The van der Waals surface area contributed by atoms with E-state index in [1.54, 1.807) is 0 Å². The quantitative estimate of drug-likeness (QED) is 0.643. The monoisotopic (exact) mass is 317 g/mol. The normalized spacial score (nSPS) is 11.4. The van der Waals surface area contributed by atoms with E-state index in [0.717, 1.165) is 24.2 Å². The summed E-state index contributed by atoms with van der Waals surface area (Å²) in [6.07, 6.45) is 0.619. The maximum absolute atomic E-state index is 11.4. The van der Waals surface area contributed by atoms with E-state index in [-0.39, 0.29) is 0 Å². The Morgan fingerprint density at radius 2 is 1.12 bits per heavy atom. The van der Waals surface area contributed by atoms with Crippen LogP contribution in [0, 0.1) is 0 Å². The summed E-state index contributed by atoms with van der Waals surface area (Å²) in [5, 5.41) is 14.8. The molecule has 0 atom stereocenters. The molecule has 122 valence electrons. The van der Waals surface area contributed by atoms with Crippen LogP contribution >= 0.6 is 0 Å². The molecule has 0 bridgehead atoms. The fourth-order valence-electron chi connectivity index (χ4n) is 2.98. The molecule has 0 heterocycles. The first kappa shape index (κ1) is 16.4. The van der Waals surface area contributed by atoms with Gasteiger partial charge in [-0.1, -0.05) is 91.0 Å². The predicted octanol–water partition coefficient (Wildman–Crippen LogP) is 4.10. The van der Waals surface area contributed by atoms with Crippen molar-refractivity contribution >= 4 is 0 Å². The van der Waals surface area contributed by atoms with E-state index in [2.05, 4.69) is 17.4 Å². The molecule has 0 saturated heterocycles. The van der Waals surface area contributed by atoms with Crippen molar-refractivity contribution in [1.82, 2.24) is 5.32 Å². The van der Waals surface area contributed by atoms with Crippen LogP contribution in [-0.2, 0) is 12.1 Å². The number of hydrogen-bond acceptors (Lipinski definition) is 2. The Kier molecular flexibility index (Phi) is 5.42. The minimum atomic E-state index is -0.980. The molecule has 0 aliphatic heterocycles. The van der Waals surface area contributed by atoms with E-state index in [9.17, 15) is 5.11 Å². The summed E-state index contributed by atoms with van der Waals surface area (Å²) in [5.41, 5.74) is 2.13. The van der Waals surface area contributed by atoms with Gasteiger partial charge in [0.1, 0.15) is 5.60 Å².